The molecule has 0 unspecified atom stereocenters. The summed E-state index contributed by atoms with van der Waals surface area (Å²) in [5.74, 6) is 0.0140. The number of ether oxygens (including phenoxy) is 1. The summed E-state index contributed by atoms with van der Waals surface area (Å²) in [5, 5.41) is 12.1. The SMILES string of the molecule is CC1=C(C)[C@H]2[C@@H](C1)C[C@@]2(CNC(=O)OC(C)(C)C)CC(=O)O. The van der Waals surface area contributed by atoms with Gasteiger partial charge < -0.3 is 15.2 Å². The average Bonchev–Trinajstić information content (AvgIpc) is 2.54. The van der Waals surface area contributed by atoms with Crippen molar-refractivity contribution in [2.75, 3.05) is 6.54 Å². The first-order valence-corrected chi connectivity index (χ1v) is 7.89. The molecule has 0 aromatic rings. The van der Waals surface area contributed by atoms with E-state index in [2.05, 4.69) is 19.2 Å². The molecule has 3 atom stereocenters. The highest BCUT2D eigenvalue weighted by Crippen LogP contribution is 2.62. The van der Waals surface area contributed by atoms with Gasteiger partial charge in [-0.3, -0.25) is 4.79 Å². The average molecular weight is 309 g/mol. The molecule has 5 nitrogen and oxygen atoms in total. The Morgan fingerprint density at radius 2 is 2.00 bits per heavy atom. The molecule has 0 heterocycles. The molecular formula is C17H27NO4. The number of fused-ring (bicyclic) bond motifs is 1. The van der Waals surface area contributed by atoms with E-state index < -0.39 is 17.7 Å². The Morgan fingerprint density at radius 1 is 1.36 bits per heavy atom. The van der Waals surface area contributed by atoms with Crippen LogP contribution in [0.25, 0.3) is 0 Å². The van der Waals surface area contributed by atoms with Gasteiger partial charge in [-0.15, -0.1) is 0 Å². The van der Waals surface area contributed by atoms with Crippen molar-refractivity contribution >= 4 is 12.1 Å². The molecule has 0 aromatic carbocycles. The summed E-state index contributed by atoms with van der Waals surface area (Å²) in [4.78, 5) is 23.2. The molecular weight excluding hydrogens is 282 g/mol. The zero-order valence-corrected chi connectivity index (χ0v) is 14.2. The lowest BCUT2D eigenvalue weighted by Gasteiger charge is -2.53. The third kappa shape index (κ3) is 3.28. The second kappa shape index (κ2) is 5.60. The maximum absolute atomic E-state index is 11.9. The highest BCUT2D eigenvalue weighted by molar-refractivity contribution is 5.70. The second-order valence-electron chi connectivity index (χ2n) is 7.90. The van der Waals surface area contributed by atoms with Crippen LogP contribution in [0, 0.1) is 17.3 Å². The summed E-state index contributed by atoms with van der Waals surface area (Å²) in [5.41, 5.74) is 1.77. The van der Waals surface area contributed by atoms with Crippen LogP contribution in [-0.4, -0.2) is 29.3 Å². The molecule has 124 valence electrons. The minimum atomic E-state index is -0.804. The van der Waals surface area contributed by atoms with Gasteiger partial charge in [-0.05, 0) is 59.3 Å². The molecule has 2 rings (SSSR count). The van der Waals surface area contributed by atoms with Gasteiger partial charge in [-0.2, -0.15) is 0 Å². The summed E-state index contributed by atoms with van der Waals surface area (Å²) < 4.78 is 5.26. The molecule has 0 saturated heterocycles. The molecule has 0 spiro atoms. The van der Waals surface area contributed by atoms with E-state index in [4.69, 9.17) is 4.74 Å². The molecule has 1 fully saturated rings. The van der Waals surface area contributed by atoms with Gasteiger partial charge in [-0.25, -0.2) is 4.79 Å². The second-order valence-corrected chi connectivity index (χ2v) is 7.90. The van der Waals surface area contributed by atoms with Crippen LogP contribution in [0.3, 0.4) is 0 Å². The predicted octanol–water partition coefficient (Wildman–Crippen LogP) is 3.35. The Bertz CT molecular complexity index is 517. The first kappa shape index (κ1) is 16.8. The molecule has 0 aliphatic heterocycles. The summed E-state index contributed by atoms with van der Waals surface area (Å²) in [7, 11) is 0. The van der Waals surface area contributed by atoms with E-state index in [1.807, 2.05) is 20.8 Å². The number of rotatable bonds is 4. The summed E-state index contributed by atoms with van der Waals surface area (Å²) >= 11 is 0. The van der Waals surface area contributed by atoms with Gasteiger partial charge >= 0.3 is 12.1 Å². The smallest absolute Gasteiger partial charge is 0.407 e. The highest BCUT2D eigenvalue weighted by Gasteiger charge is 2.57. The van der Waals surface area contributed by atoms with Crippen molar-refractivity contribution in [3.63, 3.8) is 0 Å². The van der Waals surface area contributed by atoms with Crippen molar-refractivity contribution in [2.24, 2.45) is 17.3 Å². The lowest BCUT2D eigenvalue weighted by atomic mass is 9.52. The van der Waals surface area contributed by atoms with E-state index >= 15 is 0 Å². The first-order chi connectivity index (χ1) is 10.0. The van der Waals surface area contributed by atoms with Crippen LogP contribution in [-0.2, 0) is 9.53 Å². The molecule has 5 heteroatoms. The maximum atomic E-state index is 11.9. The molecule has 2 aliphatic carbocycles. The lowest BCUT2D eigenvalue weighted by molar-refractivity contribution is -0.144. The van der Waals surface area contributed by atoms with Gasteiger partial charge in [-0.1, -0.05) is 11.1 Å². The molecule has 1 amide bonds. The number of carboxylic acid groups (broad SMARTS) is 1. The van der Waals surface area contributed by atoms with E-state index in [-0.39, 0.29) is 17.8 Å². The van der Waals surface area contributed by atoms with Crippen molar-refractivity contribution in [3.05, 3.63) is 11.1 Å². The van der Waals surface area contributed by atoms with Gasteiger partial charge in [0.15, 0.2) is 0 Å². The lowest BCUT2D eigenvalue weighted by Crippen LogP contribution is -2.54. The van der Waals surface area contributed by atoms with Crippen molar-refractivity contribution in [1.82, 2.24) is 5.32 Å². The number of alkyl carbamates (subject to hydrolysis) is 1. The van der Waals surface area contributed by atoms with Crippen molar-refractivity contribution in [2.45, 2.75) is 59.5 Å². The number of allylic oxidation sites excluding steroid dienone is 2. The number of aliphatic carboxylic acids is 1. The molecule has 1 saturated carbocycles. The van der Waals surface area contributed by atoms with Crippen LogP contribution in [0.15, 0.2) is 11.1 Å². The molecule has 0 radical (unpaired) electrons. The number of nitrogens with one attached hydrogen (secondary N) is 1. The van der Waals surface area contributed by atoms with Gasteiger partial charge in [0.1, 0.15) is 5.60 Å². The third-order valence-corrected chi connectivity index (χ3v) is 4.99. The normalized spacial score (nSPS) is 30.6. The Morgan fingerprint density at radius 3 is 2.50 bits per heavy atom. The van der Waals surface area contributed by atoms with Gasteiger partial charge in [0, 0.05) is 12.0 Å². The number of carbonyl (C=O) groups is 2. The number of carbonyl (C=O) groups excluding carboxylic acids is 1. The van der Waals surface area contributed by atoms with Crippen LogP contribution in [0.4, 0.5) is 4.79 Å². The highest BCUT2D eigenvalue weighted by atomic mass is 16.6. The topological polar surface area (TPSA) is 75.6 Å². The van der Waals surface area contributed by atoms with Gasteiger partial charge in [0.05, 0.1) is 6.42 Å². The zero-order valence-electron chi connectivity index (χ0n) is 14.2. The number of carboxylic acids is 1. The largest absolute Gasteiger partial charge is 0.481 e. The Labute approximate surface area is 132 Å². The van der Waals surface area contributed by atoms with E-state index in [1.54, 1.807) is 0 Å². The minimum Gasteiger partial charge on any atom is -0.481 e. The van der Waals surface area contributed by atoms with Crippen LogP contribution in [0.5, 0.6) is 0 Å². The molecule has 22 heavy (non-hydrogen) atoms. The van der Waals surface area contributed by atoms with E-state index in [0.717, 1.165) is 12.8 Å². The summed E-state index contributed by atoms with van der Waals surface area (Å²) in [6.07, 6.45) is 1.53. The molecule has 0 bridgehead atoms. The van der Waals surface area contributed by atoms with E-state index in [9.17, 15) is 14.7 Å². The predicted molar refractivity (Wildman–Crippen MR) is 83.5 cm³/mol. The number of amides is 1. The fraction of sp³-hybridized carbons (Fsp3) is 0.765. The fourth-order valence-corrected chi connectivity index (χ4v) is 4.22. The van der Waals surface area contributed by atoms with Crippen LogP contribution in [0.2, 0.25) is 0 Å². The quantitative estimate of drug-likeness (QED) is 0.781. The Balaban J connectivity index is 2.06. The molecule has 2 N–H and O–H groups in total. The fourth-order valence-electron chi connectivity index (χ4n) is 4.22. The van der Waals surface area contributed by atoms with Crippen LogP contribution < -0.4 is 5.32 Å². The Hall–Kier alpha value is -1.52. The Kier molecular flexibility index (Phi) is 4.28. The first-order valence-electron chi connectivity index (χ1n) is 7.89. The summed E-state index contributed by atoms with van der Waals surface area (Å²) in [6.45, 7) is 10.0. The van der Waals surface area contributed by atoms with Gasteiger partial charge in [0.25, 0.3) is 0 Å². The molecule has 0 aromatic heterocycles. The van der Waals surface area contributed by atoms with Crippen molar-refractivity contribution in [3.8, 4) is 0 Å². The van der Waals surface area contributed by atoms with Crippen molar-refractivity contribution < 1.29 is 19.4 Å². The summed E-state index contributed by atoms with van der Waals surface area (Å²) in [6, 6.07) is 0. The standard InChI is InChI=1S/C17H27NO4/c1-10-6-12-7-17(8-13(19)20,14(12)11(10)2)9-18-15(21)22-16(3,4)5/h12,14H,6-9H2,1-5H3,(H,18,21)(H,19,20)/t12-,14-,17-/m0/s1. The number of hydrogen-bond acceptors (Lipinski definition) is 3. The maximum Gasteiger partial charge on any atom is 0.407 e. The monoisotopic (exact) mass is 309 g/mol. The van der Waals surface area contributed by atoms with E-state index in [0.29, 0.717) is 12.5 Å². The zero-order chi connectivity index (χ0) is 16.7. The van der Waals surface area contributed by atoms with Gasteiger partial charge in [0.2, 0.25) is 0 Å². The number of hydrogen-bond donors (Lipinski definition) is 2. The molecule has 2 aliphatic rings. The van der Waals surface area contributed by atoms with E-state index in [1.165, 1.54) is 11.1 Å². The third-order valence-electron chi connectivity index (χ3n) is 4.99. The van der Waals surface area contributed by atoms with Crippen LogP contribution >= 0.6 is 0 Å². The van der Waals surface area contributed by atoms with Crippen LogP contribution in [0.1, 0.15) is 53.9 Å². The minimum absolute atomic E-state index is 0.0918. The van der Waals surface area contributed by atoms with Crippen molar-refractivity contribution in [1.29, 1.82) is 0 Å².